The third-order valence-corrected chi connectivity index (χ3v) is 8.38. The number of aliphatic hydroxyl groups is 2. The van der Waals surface area contributed by atoms with Gasteiger partial charge in [0.05, 0.1) is 60.0 Å². The van der Waals surface area contributed by atoms with Crippen molar-refractivity contribution in [3.63, 3.8) is 0 Å². The van der Waals surface area contributed by atoms with Gasteiger partial charge in [-0.2, -0.15) is 10.5 Å². The lowest BCUT2D eigenvalue weighted by atomic mass is 10.1. The van der Waals surface area contributed by atoms with Gasteiger partial charge in [0, 0.05) is 51.0 Å². The monoisotopic (exact) mass is 710 g/mol. The van der Waals surface area contributed by atoms with Gasteiger partial charge in [0.25, 0.3) is 11.8 Å². The number of carbonyl (C=O) groups excluding carboxylic acids is 2. The zero-order chi connectivity index (χ0) is 37.4. The van der Waals surface area contributed by atoms with Gasteiger partial charge < -0.3 is 40.1 Å². The van der Waals surface area contributed by atoms with Gasteiger partial charge in [-0.1, -0.05) is 0 Å². The number of nitriles is 2. The second-order valence-corrected chi connectivity index (χ2v) is 12.9. The summed E-state index contributed by atoms with van der Waals surface area (Å²) in [5, 5.41) is 42.6. The van der Waals surface area contributed by atoms with Gasteiger partial charge in [-0.3, -0.25) is 29.5 Å². The van der Waals surface area contributed by atoms with E-state index in [0.29, 0.717) is 59.4 Å². The molecule has 0 bridgehead atoms. The number of hydrogen-bond acceptors (Lipinski definition) is 14. The highest BCUT2D eigenvalue weighted by Crippen LogP contribution is 2.30. The van der Waals surface area contributed by atoms with Gasteiger partial charge in [0.1, 0.15) is 34.2 Å². The maximum atomic E-state index is 12.3. The fourth-order valence-corrected chi connectivity index (χ4v) is 6.09. The van der Waals surface area contributed by atoms with E-state index in [1.165, 1.54) is 0 Å². The first kappa shape index (κ1) is 37.7. The number of nitrogens with one attached hydrogen (secondary N) is 2. The van der Waals surface area contributed by atoms with Crippen molar-refractivity contribution in [1.82, 2.24) is 30.6 Å². The fraction of sp³-hybridized carbons (Fsp3) is 0.444. The minimum absolute atomic E-state index is 0.159. The smallest absolute Gasteiger partial charge is 0.251 e. The van der Waals surface area contributed by atoms with E-state index >= 15 is 0 Å². The van der Waals surface area contributed by atoms with Crippen LogP contribution in [0, 0.1) is 22.7 Å². The maximum absolute atomic E-state index is 12.3. The van der Waals surface area contributed by atoms with Crippen LogP contribution < -0.4 is 20.4 Å². The fourth-order valence-electron chi connectivity index (χ4n) is 6.09. The first-order valence-corrected chi connectivity index (χ1v) is 17.0. The van der Waals surface area contributed by atoms with Crippen LogP contribution in [-0.2, 0) is 19.1 Å². The highest BCUT2D eigenvalue weighted by molar-refractivity contribution is 5.93. The van der Waals surface area contributed by atoms with Gasteiger partial charge in [-0.25, -0.2) is 0 Å². The Bertz CT molecular complexity index is 1840. The van der Waals surface area contributed by atoms with Crippen LogP contribution in [0.3, 0.4) is 0 Å². The number of fused-ring (bicyclic) bond motifs is 2. The number of aromatic nitrogens is 4. The minimum Gasteiger partial charge on any atom is -0.392 e. The summed E-state index contributed by atoms with van der Waals surface area (Å²) in [6, 6.07) is 11.4. The Morgan fingerprint density at radius 3 is 1.42 bits per heavy atom. The van der Waals surface area contributed by atoms with E-state index in [1.807, 2.05) is 35.8 Å². The van der Waals surface area contributed by atoms with Crippen LogP contribution in [0.1, 0.15) is 38.8 Å². The van der Waals surface area contributed by atoms with Crippen molar-refractivity contribution < 1.29 is 29.3 Å². The largest absolute Gasteiger partial charge is 0.392 e. The minimum atomic E-state index is -0.653. The summed E-state index contributed by atoms with van der Waals surface area (Å²) in [6.45, 7) is 9.28. The molecule has 4 aromatic rings. The van der Waals surface area contributed by atoms with Crippen molar-refractivity contribution in [2.45, 2.75) is 64.3 Å². The van der Waals surface area contributed by atoms with E-state index in [9.17, 15) is 30.3 Å². The summed E-state index contributed by atoms with van der Waals surface area (Å²) < 4.78 is 11.5. The molecule has 4 N–H and O–H groups in total. The third kappa shape index (κ3) is 9.03. The molecule has 4 heterocycles. The lowest BCUT2D eigenvalue weighted by molar-refractivity contribution is -0.138. The molecule has 6 rings (SSSR count). The topological polar surface area (TPSA) is 223 Å². The van der Waals surface area contributed by atoms with Gasteiger partial charge in [0.15, 0.2) is 12.2 Å². The van der Waals surface area contributed by atoms with Gasteiger partial charge >= 0.3 is 0 Å². The molecular formula is C36H42N10O6. The molecule has 2 fully saturated rings. The van der Waals surface area contributed by atoms with Crippen molar-refractivity contribution in [2.24, 2.45) is 0 Å². The molecular weight excluding hydrogens is 668 g/mol. The first-order valence-electron chi connectivity index (χ1n) is 17.0. The van der Waals surface area contributed by atoms with Gasteiger partial charge in [-0.05, 0) is 52.0 Å². The molecule has 0 saturated carbocycles. The van der Waals surface area contributed by atoms with E-state index in [2.05, 4.69) is 42.7 Å². The van der Waals surface area contributed by atoms with Crippen LogP contribution in [0.2, 0.25) is 0 Å². The molecule has 4 unspecified atom stereocenters. The molecule has 2 aliphatic rings. The Hall–Kier alpha value is -5.52. The van der Waals surface area contributed by atoms with E-state index in [1.54, 1.807) is 50.8 Å². The summed E-state index contributed by atoms with van der Waals surface area (Å²) in [5.41, 5.74) is 4.90. The molecule has 52 heavy (non-hydrogen) atoms. The summed E-state index contributed by atoms with van der Waals surface area (Å²) in [7, 11) is 0. The molecule has 2 saturated heterocycles. The Labute approximate surface area is 301 Å². The zero-order valence-electron chi connectivity index (χ0n) is 29.4. The van der Waals surface area contributed by atoms with Crippen LogP contribution in [-0.4, -0.2) is 118 Å². The first-order chi connectivity index (χ1) is 25.0. The van der Waals surface area contributed by atoms with Gasteiger partial charge in [-0.15, -0.1) is 0 Å². The number of morpholine rings is 2. The Morgan fingerprint density at radius 1 is 0.712 bits per heavy atom. The third-order valence-electron chi connectivity index (χ3n) is 8.38. The molecule has 6 atom stereocenters. The quantitative estimate of drug-likeness (QED) is 0.202. The predicted octanol–water partition coefficient (Wildman–Crippen LogP) is 1.18. The predicted molar refractivity (Wildman–Crippen MR) is 191 cm³/mol. The zero-order valence-corrected chi connectivity index (χ0v) is 29.4. The number of benzene rings is 2. The van der Waals surface area contributed by atoms with E-state index in [0.717, 1.165) is 11.4 Å². The number of amides is 2. The van der Waals surface area contributed by atoms with Crippen LogP contribution in [0.25, 0.3) is 22.1 Å². The van der Waals surface area contributed by atoms with Gasteiger partial charge in [0.2, 0.25) is 0 Å². The number of hydrogen-bond donors (Lipinski definition) is 4. The SMILES string of the molecule is CC1CN(c2ccc(C#N)c3nccnc23)CC(C(=O)NC[C@@H](C)O)O1.CC1CN(c2ccc(C#N)c3nccnc23)CC(C(=O)NC[C@@H](C)O)O1. The Morgan fingerprint density at radius 2 is 1.08 bits per heavy atom. The molecule has 0 spiro atoms. The van der Waals surface area contributed by atoms with E-state index in [4.69, 9.17) is 9.47 Å². The Balaban J connectivity index is 0.000000201. The normalized spacial score (nSPS) is 21.2. The summed E-state index contributed by atoms with van der Waals surface area (Å²) in [4.78, 5) is 46.1. The standard InChI is InChI=1S/2C18H21N5O3/c2*1-11(24)8-22-18(25)15-10-23(9-12(2)26-15)14-4-3-13(7-19)16-17(14)21-6-5-20-16/h2*3-6,11-12,15,24H,8-10H2,1-2H3,(H,22,25)/t2*11-,12?,15?/m11/s1. The molecule has 2 aromatic carbocycles. The van der Waals surface area contributed by atoms with Crippen molar-refractivity contribution in [2.75, 3.05) is 49.1 Å². The molecule has 16 heteroatoms. The number of ether oxygens (including phenoxy) is 2. The number of anilines is 2. The van der Waals surface area contributed by atoms with Crippen LogP contribution in [0.5, 0.6) is 0 Å². The summed E-state index contributed by atoms with van der Waals surface area (Å²) >= 11 is 0. The lowest BCUT2D eigenvalue weighted by Crippen LogP contribution is -2.53. The van der Waals surface area contributed by atoms with Crippen molar-refractivity contribution in [3.8, 4) is 12.1 Å². The van der Waals surface area contributed by atoms with Crippen molar-refractivity contribution in [3.05, 3.63) is 60.2 Å². The Kier molecular flexibility index (Phi) is 12.4. The molecule has 2 aliphatic heterocycles. The van der Waals surface area contributed by atoms with E-state index in [-0.39, 0.29) is 37.1 Å². The maximum Gasteiger partial charge on any atom is 0.251 e. The second kappa shape index (κ2) is 17.1. The molecule has 16 nitrogen and oxygen atoms in total. The number of nitrogens with zero attached hydrogens (tertiary/aromatic N) is 8. The number of aliphatic hydroxyl groups excluding tert-OH is 2. The molecule has 2 aromatic heterocycles. The van der Waals surface area contributed by atoms with Crippen LogP contribution >= 0.6 is 0 Å². The average molecular weight is 711 g/mol. The second-order valence-electron chi connectivity index (χ2n) is 12.9. The molecule has 0 aliphatic carbocycles. The van der Waals surface area contributed by atoms with Crippen molar-refractivity contribution >= 4 is 45.3 Å². The number of rotatable bonds is 8. The van der Waals surface area contributed by atoms with Crippen LogP contribution in [0.4, 0.5) is 11.4 Å². The summed E-state index contributed by atoms with van der Waals surface area (Å²) in [6.07, 6.45) is 3.43. The highest BCUT2D eigenvalue weighted by Gasteiger charge is 2.33. The summed E-state index contributed by atoms with van der Waals surface area (Å²) in [5.74, 6) is -0.516. The molecule has 272 valence electrons. The highest BCUT2D eigenvalue weighted by atomic mass is 16.5. The average Bonchev–Trinajstić information content (AvgIpc) is 3.14. The van der Waals surface area contributed by atoms with Crippen molar-refractivity contribution in [1.29, 1.82) is 10.5 Å². The van der Waals surface area contributed by atoms with E-state index < -0.39 is 24.4 Å². The van der Waals surface area contributed by atoms with Crippen LogP contribution in [0.15, 0.2) is 49.1 Å². The molecule has 2 amide bonds. The number of carbonyl (C=O) groups is 2. The molecule has 0 radical (unpaired) electrons. The lowest BCUT2D eigenvalue weighted by Gasteiger charge is -2.37.